The highest BCUT2D eigenvalue weighted by Gasteiger charge is 2.20. The molecular weight excluding hydrogens is 238 g/mol. The molecule has 3 nitrogen and oxygen atoms in total. The number of fused-ring (bicyclic) bond motifs is 1. The van der Waals surface area contributed by atoms with Crippen molar-refractivity contribution in [3.8, 4) is 0 Å². The van der Waals surface area contributed by atoms with Crippen molar-refractivity contribution in [3.63, 3.8) is 0 Å². The predicted molar refractivity (Wildman–Crippen MR) is 77.0 cm³/mol. The van der Waals surface area contributed by atoms with E-state index in [2.05, 4.69) is 11.6 Å². The molecule has 2 aromatic rings. The second-order valence-electron chi connectivity index (χ2n) is 5.32. The van der Waals surface area contributed by atoms with E-state index >= 15 is 0 Å². The molecule has 0 saturated carbocycles. The van der Waals surface area contributed by atoms with Crippen molar-refractivity contribution in [2.24, 2.45) is 0 Å². The monoisotopic (exact) mass is 255 g/mol. The first kappa shape index (κ1) is 13.3. The summed E-state index contributed by atoms with van der Waals surface area (Å²) >= 11 is 0. The van der Waals surface area contributed by atoms with Gasteiger partial charge in [-0.25, -0.2) is 9.78 Å². The molecule has 3 heteroatoms. The molecule has 1 aromatic carbocycles. The summed E-state index contributed by atoms with van der Waals surface area (Å²) in [4.78, 5) is 16.7. The first-order chi connectivity index (χ1) is 8.90. The highest BCUT2D eigenvalue weighted by Crippen LogP contribution is 2.21. The second-order valence-corrected chi connectivity index (χ2v) is 5.32. The molecule has 0 N–H and O–H groups in total. The fourth-order valence-electron chi connectivity index (χ4n) is 1.80. The molecule has 0 bridgehead atoms. The van der Waals surface area contributed by atoms with Crippen molar-refractivity contribution in [2.45, 2.75) is 26.4 Å². The lowest BCUT2D eigenvalue weighted by atomic mass is 10.1. The number of hydrogen-bond donors (Lipinski definition) is 0. The van der Waals surface area contributed by atoms with Gasteiger partial charge in [0.05, 0.1) is 16.8 Å². The molecule has 0 aliphatic carbocycles. The Morgan fingerprint density at radius 1 is 1.32 bits per heavy atom. The van der Waals surface area contributed by atoms with E-state index in [9.17, 15) is 4.79 Å². The van der Waals surface area contributed by atoms with Crippen molar-refractivity contribution in [1.29, 1.82) is 0 Å². The second kappa shape index (κ2) is 4.84. The number of nitrogens with zero attached hydrogens (tertiary/aromatic N) is 1. The summed E-state index contributed by atoms with van der Waals surface area (Å²) in [7, 11) is 0. The van der Waals surface area contributed by atoms with Gasteiger partial charge >= 0.3 is 5.97 Å². The normalized spacial score (nSPS) is 11.3. The molecule has 0 radical (unpaired) electrons. The van der Waals surface area contributed by atoms with Crippen LogP contribution >= 0.6 is 0 Å². The van der Waals surface area contributed by atoms with E-state index in [-0.39, 0.29) is 5.97 Å². The van der Waals surface area contributed by atoms with Gasteiger partial charge in [-0.1, -0.05) is 24.8 Å². The highest BCUT2D eigenvalue weighted by molar-refractivity contribution is 6.04. The Morgan fingerprint density at radius 3 is 2.63 bits per heavy atom. The maximum Gasteiger partial charge on any atom is 0.339 e. The van der Waals surface area contributed by atoms with Gasteiger partial charge in [0, 0.05) is 5.39 Å². The van der Waals surface area contributed by atoms with Crippen LogP contribution in [0.1, 0.15) is 36.8 Å². The minimum Gasteiger partial charge on any atom is -0.456 e. The van der Waals surface area contributed by atoms with Gasteiger partial charge in [-0.2, -0.15) is 0 Å². The summed E-state index contributed by atoms with van der Waals surface area (Å²) in [6.07, 6.45) is 1.63. The molecule has 0 amide bonds. The number of carbonyl (C=O) groups excluding carboxylic acids is 1. The molecule has 1 heterocycles. The Hall–Kier alpha value is -2.16. The zero-order valence-corrected chi connectivity index (χ0v) is 11.4. The number of ether oxygens (including phenoxy) is 1. The van der Waals surface area contributed by atoms with Crippen molar-refractivity contribution >= 4 is 22.9 Å². The van der Waals surface area contributed by atoms with Crippen LogP contribution in [0, 0.1) is 0 Å². The number of rotatable bonds is 2. The fraction of sp³-hybridized carbons (Fsp3) is 0.250. The number of benzene rings is 1. The van der Waals surface area contributed by atoms with Gasteiger partial charge in [0.25, 0.3) is 0 Å². The first-order valence-corrected chi connectivity index (χ1v) is 6.16. The number of aromatic nitrogens is 1. The Kier molecular flexibility index (Phi) is 3.38. The van der Waals surface area contributed by atoms with Gasteiger partial charge < -0.3 is 4.74 Å². The summed E-state index contributed by atoms with van der Waals surface area (Å²) in [5.41, 5.74) is 1.44. The van der Waals surface area contributed by atoms with E-state index in [1.807, 2.05) is 45.0 Å². The Labute approximate surface area is 112 Å². The standard InChI is InChI=1S/C16H17NO2/c1-5-11-10-13(15(18)19-16(2,3)4)12-8-6-7-9-14(12)17-11/h5-10H,1H2,2-4H3. The third-order valence-corrected chi connectivity index (χ3v) is 2.56. The lowest BCUT2D eigenvalue weighted by molar-refractivity contribution is 0.00717. The zero-order valence-electron chi connectivity index (χ0n) is 11.4. The number of esters is 1. The average molecular weight is 255 g/mol. The smallest absolute Gasteiger partial charge is 0.339 e. The summed E-state index contributed by atoms with van der Waals surface area (Å²) in [5.74, 6) is -0.339. The molecule has 1 aromatic heterocycles. The van der Waals surface area contributed by atoms with Gasteiger partial charge in [0.2, 0.25) is 0 Å². The van der Waals surface area contributed by atoms with Crippen LogP contribution in [-0.2, 0) is 4.74 Å². The largest absolute Gasteiger partial charge is 0.456 e. The van der Waals surface area contributed by atoms with Crippen molar-refractivity contribution in [3.05, 3.63) is 48.2 Å². The van der Waals surface area contributed by atoms with Crippen LogP contribution in [0.15, 0.2) is 36.9 Å². The van der Waals surface area contributed by atoms with Crippen LogP contribution in [0.25, 0.3) is 17.0 Å². The molecule has 98 valence electrons. The van der Waals surface area contributed by atoms with E-state index in [1.54, 1.807) is 12.1 Å². The third-order valence-electron chi connectivity index (χ3n) is 2.56. The molecule has 0 unspecified atom stereocenters. The van der Waals surface area contributed by atoms with Crippen molar-refractivity contribution in [1.82, 2.24) is 4.98 Å². The van der Waals surface area contributed by atoms with Crippen LogP contribution in [0.4, 0.5) is 0 Å². The van der Waals surface area contributed by atoms with E-state index < -0.39 is 5.60 Å². The fourth-order valence-corrected chi connectivity index (χ4v) is 1.80. The minimum atomic E-state index is -0.518. The maximum atomic E-state index is 12.3. The minimum absolute atomic E-state index is 0.339. The molecule has 0 aliphatic rings. The molecule has 19 heavy (non-hydrogen) atoms. The summed E-state index contributed by atoms with van der Waals surface area (Å²) in [6.45, 7) is 9.25. The average Bonchev–Trinajstić information content (AvgIpc) is 2.35. The summed E-state index contributed by atoms with van der Waals surface area (Å²) in [6, 6.07) is 9.22. The van der Waals surface area contributed by atoms with Gasteiger partial charge in [-0.15, -0.1) is 0 Å². The van der Waals surface area contributed by atoms with Gasteiger partial charge in [-0.3, -0.25) is 0 Å². The van der Waals surface area contributed by atoms with Gasteiger partial charge in [-0.05, 0) is 39.0 Å². The first-order valence-electron chi connectivity index (χ1n) is 6.16. The Bertz CT molecular complexity index is 639. The molecule has 0 spiro atoms. The van der Waals surface area contributed by atoms with Crippen molar-refractivity contribution in [2.75, 3.05) is 0 Å². The van der Waals surface area contributed by atoms with E-state index in [0.29, 0.717) is 11.3 Å². The highest BCUT2D eigenvalue weighted by atomic mass is 16.6. The van der Waals surface area contributed by atoms with E-state index in [1.165, 1.54) is 0 Å². The summed E-state index contributed by atoms with van der Waals surface area (Å²) < 4.78 is 5.43. The number of pyridine rings is 1. The Morgan fingerprint density at radius 2 is 2.00 bits per heavy atom. The molecular formula is C16H17NO2. The molecule has 0 fully saturated rings. The van der Waals surface area contributed by atoms with Crippen LogP contribution in [0.2, 0.25) is 0 Å². The molecule has 0 atom stereocenters. The number of hydrogen-bond acceptors (Lipinski definition) is 3. The summed E-state index contributed by atoms with van der Waals surface area (Å²) in [5, 5.41) is 0.794. The van der Waals surface area contributed by atoms with Crippen LogP contribution in [-0.4, -0.2) is 16.6 Å². The SMILES string of the molecule is C=Cc1cc(C(=O)OC(C)(C)C)c2ccccc2n1. The molecule has 0 aliphatic heterocycles. The van der Waals surface area contributed by atoms with E-state index in [0.717, 1.165) is 10.9 Å². The third kappa shape index (κ3) is 2.99. The van der Waals surface area contributed by atoms with Crippen LogP contribution in [0.3, 0.4) is 0 Å². The van der Waals surface area contributed by atoms with Crippen LogP contribution < -0.4 is 0 Å². The lowest BCUT2D eigenvalue weighted by Gasteiger charge is -2.20. The Balaban J connectivity index is 2.58. The maximum absolute atomic E-state index is 12.3. The van der Waals surface area contributed by atoms with Gasteiger partial charge in [0.15, 0.2) is 0 Å². The quantitative estimate of drug-likeness (QED) is 0.765. The van der Waals surface area contributed by atoms with E-state index in [4.69, 9.17) is 4.74 Å². The van der Waals surface area contributed by atoms with Crippen molar-refractivity contribution < 1.29 is 9.53 Å². The molecule has 0 saturated heterocycles. The molecule has 2 rings (SSSR count). The lowest BCUT2D eigenvalue weighted by Crippen LogP contribution is -2.24. The zero-order chi connectivity index (χ0) is 14.0. The van der Waals surface area contributed by atoms with Gasteiger partial charge in [0.1, 0.15) is 5.60 Å². The topological polar surface area (TPSA) is 39.2 Å². The number of para-hydroxylation sites is 1. The van der Waals surface area contributed by atoms with Crippen LogP contribution in [0.5, 0.6) is 0 Å². The predicted octanol–water partition coefficient (Wildman–Crippen LogP) is 3.83. The number of carbonyl (C=O) groups is 1.